The highest BCUT2D eigenvalue weighted by Crippen LogP contribution is 2.20. The zero-order chi connectivity index (χ0) is 16.9. The highest BCUT2D eigenvalue weighted by atomic mass is 16.5. The van der Waals surface area contributed by atoms with E-state index in [2.05, 4.69) is 4.98 Å². The normalized spacial score (nSPS) is 19.0. The topological polar surface area (TPSA) is 75.9 Å². The predicted molar refractivity (Wildman–Crippen MR) is 86.5 cm³/mol. The zero-order valence-corrected chi connectivity index (χ0v) is 14.2. The van der Waals surface area contributed by atoms with E-state index in [4.69, 9.17) is 9.15 Å². The number of oxazole rings is 1. The minimum atomic E-state index is -0.107. The summed E-state index contributed by atoms with van der Waals surface area (Å²) in [6, 6.07) is 0.157. The molecule has 0 unspecified atom stereocenters. The largest absolute Gasteiger partial charge is 0.438 e. The molecule has 0 spiro atoms. The van der Waals surface area contributed by atoms with Crippen LogP contribution in [0.25, 0.3) is 0 Å². The Kier molecular flexibility index (Phi) is 5.50. The molecule has 0 saturated carbocycles. The average Bonchev–Trinajstić information content (AvgIpc) is 3.20. The van der Waals surface area contributed by atoms with Crippen molar-refractivity contribution in [2.24, 2.45) is 0 Å². The first-order chi connectivity index (χ1) is 11.7. The molecule has 2 aliphatic rings. The molecular weight excluding hydrogens is 310 g/mol. The Bertz CT molecular complexity index is 580. The van der Waals surface area contributed by atoms with Gasteiger partial charge in [0.1, 0.15) is 0 Å². The Morgan fingerprint density at radius 2 is 2.21 bits per heavy atom. The lowest BCUT2D eigenvalue weighted by Crippen LogP contribution is -2.44. The SMILES string of the molecule is Cc1ncoc1C(=O)N(CCCN1CCCC1=O)C1CCOCC1. The highest BCUT2D eigenvalue weighted by Gasteiger charge is 2.29. The monoisotopic (exact) mass is 335 g/mol. The molecular formula is C17H25N3O4. The van der Waals surface area contributed by atoms with Gasteiger partial charge in [-0.25, -0.2) is 4.98 Å². The minimum Gasteiger partial charge on any atom is -0.438 e. The van der Waals surface area contributed by atoms with E-state index in [0.29, 0.717) is 44.2 Å². The van der Waals surface area contributed by atoms with Crippen LogP contribution in [0.2, 0.25) is 0 Å². The van der Waals surface area contributed by atoms with Crippen LogP contribution in [0.1, 0.15) is 48.4 Å². The molecule has 0 N–H and O–H groups in total. The van der Waals surface area contributed by atoms with Gasteiger partial charge < -0.3 is 19.0 Å². The van der Waals surface area contributed by atoms with E-state index in [-0.39, 0.29) is 17.9 Å². The molecule has 3 heterocycles. The van der Waals surface area contributed by atoms with Crippen LogP contribution in [-0.4, -0.2) is 65.5 Å². The number of carbonyl (C=O) groups is 2. The van der Waals surface area contributed by atoms with Gasteiger partial charge in [-0.15, -0.1) is 0 Å². The van der Waals surface area contributed by atoms with Gasteiger partial charge >= 0.3 is 0 Å². The lowest BCUT2D eigenvalue weighted by molar-refractivity contribution is -0.127. The maximum Gasteiger partial charge on any atom is 0.291 e. The number of ether oxygens (including phenoxy) is 1. The second kappa shape index (κ2) is 7.79. The van der Waals surface area contributed by atoms with E-state index in [1.54, 1.807) is 6.92 Å². The van der Waals surface area contributed by atoms with Crippen LogP contribution in [0.5, 0.6) is 0 Å². The molecule has 0 radical (unpaired) electrons. The first kappa shape index (κ1) is 17.0. The molecule has 0 aliphatic carbocycles. The second-order valence-corrected chi connectivity index (χ2v) is 6.45. The quantitative estimate of drug-likeness (QED) is 0.789. The van der Waals surface area contributed by atoms with Crippen LogP contribution in [0.4, 0.5) is 0 Å². The molecule has 3 rings (SSSR count). The smallest absolute Gasteiger partial charge is 0.291 e. The lowest BCUT2D eigenvalue weighted by atomic mass is 10.1. The van der Waals surface area contributed by atoms with E-state index in [9.17, 15) is 9.59 Å². The van der Waals surface area contributed by atoms with Crippen LogP contribution >= 0.6 is 0 Å². The third-order valence-electron chi connectivity index (χ3n) is 4.83. The van der Waals surface area contributed by atoms with Crippen molar-refractivity contribution in [3.63, 3.8) is 0 Å². The summed E-state index contributed by atoms with van der Waals surface area (Å²) in [5.74, 6) is 0.438. The second-order valence-electron chi connectivity index (χ2n) is 6.45. The van der Waals surface area contributed by atoms with Crippen LogP contribution in [-0.2, 0) is 9.53 Å². The Morgan fingerprint density at radius 3 is 2.83 bits per heavy atom. The number of hydrogen-bond acceptors (Lipinski definition) is 5. The highest BCUT2D eigenvalue weighted by molar-refractivity contribution is 5.92. The Labute approximate surface area is 141 Å². The molecule has 2 fully saturated rings. The number of carbonyl (C=O) groups excluding carboxylic acids is 2. The van der Waals surface area contributed by atoms with E-state index >= 15 is 0 Å². The number of aryl methyl sites for hydroxylation is 1. The Hall–Kier alpha value is -1.89. The molecule has 2 aliphatic heterocycles. The van der Waals surface area contributed by atoms with Gasteiger partial charge in [-0.3, -0.25) is 9.59 Å². The van der Waals surface area contributed by atoms with E-state index in [1.165, 1.54) is 6.39 Å². The molecule has 24 heavy (non-hydrogen) atoms. The number of rotatable bonds is 6. The first-order valence-corrected chi connectivity index (χ1v) is 8.73. The van der Waals surface area contributed by atoms with Crippen molar-refractivity contribution in [3.05, 3.63) is 17.8 Å². The molecule has 0 bridgehead atoms. The van der Waals surface area contributed by atoms with Gasteiger partial charge in [0.2, 0.25) is 11.7 Å². The molecule has 2 saturated heterocycles. The fourth-order valence-corrected chi connectivity index (χ4v) is 3.46. The van der Waals surface area contributed by atoms with Crippen LogP contribution in [0.3, 0.4) is 0 Å². The van der Waals surface area contributed by atoms with Gasteiger partial charge in [0.05, 0.1) is 5.69 Å². The van der Waals surface area contributed by atoms with Crippen molar-refractivity contribution in [2.45, 2.75) is 45.1 Å². The Morgan fingerprint density at radius 1 is 1.42 bits per heavy atom. The molecule has 132 valence electrons. The van der Waals surface area contributed by atoms with Gasteiger partial charge in [-0.2, -0.15) is 0 Å². The molecule has 0 aromatic carbocycles. The molecule has 0 atom stereocenters. The summed E-state index contributed by atoms with van der Waals surface area (Å²) < 4.78 is 10.7. The zero-order valence-electron chi connectivity index (χ0n) is 14.2. The van der Waals surface area contributed by atoms with Crippen molar-refractivity contribution in [3.8, 4) is 0 Å². The summed E-state index contributed by atoms with van der Waals surface area (Å²) >= 11 is 0. The van der Waals surface area contributed by atoms with Crippen molar-refractivity contribution < 1.29 is 18.7 Å². The van der Waals surface area contributed by atoms with Crippen LogP contribution in [0, 0.1) is 6.92 Å². The minimum absolute atomic E-state index is 0.107. The number of hydrogen-bond donors (Lipinski definition) is 0. The third kappa shape index (κ3) is 3.77. The number of amides is 2. The van der Waals surface area contributed by atoms with Gasteiger partial charge in [0.25, 0.3) is 5.91 Å². The number of aromatic nitrogens is 1. The molecule has 1 aromatic heterocycles. The van der Waals surface area contributed by atoms with Gasteiger partial charge in [-0.1, -0.05) is 0 Å². The summed E-state index contributed by atoms with van der Waals surface area (Å²) in [7, 11) is 0. The molecule has 1 aromatic rings. The van der Waals surface area contributed by atoms with Gasteiger partial charge in [0.15, 0.2) is 6.39 Å². The maximum absolute atomic E-state index is 12.9. The standard InChI is InChI=1S/C17H25N3O4/c1-13-16(24-12-18-13)17(22)20(14-5-10-23-11-6-14)9-3-8-19-7-2-4-15(19)21/h12,14H,2-11H2,1H3. The summed E-state index contributed by atoms with van der Waals surface area (Å²) in [5, 5.41) is 0. The number of likely N-dealkylation sites (tertiary alicyclic amines) is 1. The summed E-state index contributed by atoms with van der Waals surface area (Å²) in [6.07, 6.45) is 5.36. The van der Waals surface area contributed by atoms with E-state index < -0.39 is 0 Å². The summed E-state index contributed by atoms with van der Waals surface area (Å²) in [4.78, 5) is 32.4. The fraction of sp³-hybridized carbons (Fsp3) is 0.706. The van der Waals surface area contributed by atoms with E-state index in [1.807, 2.05) is 9.80 Å². The van der Waals surface area contributed by atoms with Crippen molar-refractivity contribution >= 4 is 11.8 Å². The fourth-order valence-electron chi connectivity index (χ4n) is 3.46. The summed E-state index contributed by atoms with van der Waals surface area (Å²) in [6.45, 7) is 5.30. The third-order valence-corrected chi connectivity index (χ3v) is 4.83. The first-order valence-electron chi connectivity index (χ1n) is 8.73. The van der Waals surface area contributed by atoms with Crippen LogP contribution < -0.4 is 0 Å². The number of nitrogens with zero attached hydrogens (tertiary/aromatic N) is 3. The van der Waals surface area contributed by atoms with Crippen molar-refractivity contribution in [2.75, 3.05) is 32.8 Å². The Balaban J connectivity index is 1.64. The molecule has 7 heteroatoms. The van der Waals surface area contributed by atoms with E-state index in [0.717, 1.165) is 32.2 Å². The molecule has 7 nitrogen and oxygen atoms in total. The maximum atomic E-state index is 12.9. The van der Waals surface area contributed by atoms with Gasteiger partial charge in [-0.05, 0) is 32.6 Å². The molecule has 2 amide bonds. The van der Waals surface area contributed by atoms with Gasteiger partial charge in [0, 0.05) is 45.3 Å². The van der Waals surface area contributed by atoms with Crippen molar-refractivity contribution in [1.29, 1.82) is 0 Å². The summed E-state index contributed by atoms with van der Waals surface area (Å²) in [5.41, 5.74) is 0.617. The average molecular weight is 335 g/mol. The lowest BCUT2D eigenvalue weighted by Gasteiger charge is -2.34. The van der Waals surface area contributed by atoms with Crippen LogP contribution in [0.15, 0.2) is 10.8 Å². The van der Waals surface area contributed by atoms with Crippen molar-refractivity contribution in [1.82, 2.24) is 14.8 Å². The predicted octanol–water partition coefficient (Wildman–Crippen LogP) is 1.62.